The predicted octanol–water partition coefficient (Wildman–Crippen LogP) is 6.10. The predicted molar refractivity (Wildman–Crippen MR) is 90.0 cm³/mol. The van der Waals surface area contributed by atoms with Gasteiger partial charge in [-0.2, -0.15) is 13.2 Å². The van der Waals surface area contributed by atoms with Crippen molar-refractivity contribution in [3.63, 3.8) is 0 Å². The molecule has 25 heavy (non-hydrogen) atoms. The lowest BCUT2D eigenvalue weighted by Gasteiger charge is -2.24. The monoisotopic (exact) mass is 346 g/mol. The maximum absolute atomic E-state index is 13.2. The van der Waals surface area contributed by atoms with Gasteiger partial charge in [-0.05, 0) is 73.6 Å². The van der Waals surface area contributed by atoms with E-state index in [2.05, 4.69) is 11.8 Å². The first kappa shape index (κ1) is 17.5. The van der Waals surface area contributed by atoms with Gasteiger partial charge in [0.05, 0.1) is 5.56 Å². The van der Waals surface area contributed by atoms with Gasteiger partial charge >= 0.3 is 6.18 Å². The van der Waals surface area contributed by atoms with Crippen molar-refractivity contribution < 1.29 is 17.6 Å². The second kappa shape index (κ2) is 7.31. The average Bonchev–Trinajstić information content (AvgIpc) is 2.61. The summed E-state index contributed by atoms with van der Waals surface area (Å²) in [6.45, 7) is 0. The lowest BCUT2D eigenvalue weighted by molar-refractivity contribution is -0.137. The van der Waals surface area contributed by atoms with Crippen LogP contribution in [-0.2, 0) is 6.18 Å². The Morgan fingerprint density at radius 3 is 1.68 bits per heavy atom. The highest BCUT2D eigenvalue weighted by Crippen LogP contribution is 2.34. The molecular weight excluding hydrogens is 328 g/mol. The van der Waals surface area contributed by atoms with Crippen molar-refractivity contribution in [1.82, 2.24) is 0 Å². The van der Waals surface area contributed by atoms with E-state index in [4.69, 9.17) is 0 Å². The third-order valence-electron chi connectivity index (χ3n) is 4.60. The first-order valence-corrected chi connectivity index (χ1v) is 8.35. The highest BCUT2D eigenvalue weighted by atomic mass is 19.4. The number of hydrogen-bond donors (Lipinski definition) is 0. The van der Waals surface area contributed by atoms with Crippen molar-refractivity contribution in [3.05, 3.63) is 70.8 Å². The minimum Gasteiger partial charge on any atom is -0.247 e. The summed E-state index contributed by atoms with van der Waals surface area (Å²) in [5.74, 6) is 6.25. The maximum Gasteiger partial charge on any atom is 0.416 e. The summed E-state index contributed by atoms with van der Waals surface area (Å²) in [7, 11) is 0. The zero-order valence-electron chi connectivity index (χ0n) is 13.6. The van der Waals surface area contributed by atoms with Gasteiger partial charge in [-0.1, -0.05) is 24.0 Å². The molecule has 1 saturated carbocycles. The zero-order valence-corrected chi connectivity index (χ0v) is 13.6. The fourth-order valence-electron chi connectivity index (χ4n) is 3.11. The Morgan fingerprint density at radius 1 is 0.720 bits per heavy atom. The standard InChI is InChI=1S/C21H18F4/c22-20-13-9-18(10-14-20)17-7-3-15(4-8-17)1-2-16-5-11-19(12-6-16)21(23,24)25/h3-8,11-12,18,20H,9-10,13-14H2. The molecule has 2 aromatic rings. The molecule has 0 nitrogen and oxygen atoms in total. The van der Waals surface area contributed by atoms with Gasteiger partial charge in [0.15, 0.2) is 0 Å². The van der Waals surface area contributed by atoms with Crippen LogP contribution >= 0.6 is 0 Å². The number of alkyl halides is 4. The first-order valence-electron chi connectivity index (χ1n) is 8.35. The topological polar surface area (TPSA) is 0 Å². The molecule has 2 aromatic carbocycles. The van der Waals surface area contributed by atoms with Crippen molar-refractivity contribution in [2.24, 2.45) is 0 Å². The van der Waals surface area contributed by atoms with Gasteiger partial charge in [0.25, 0.3) is 0 Å². The van der Waals surface area contributed by atoms with Gasteiger partial charge in [0.1, 0.15) is 6.17 Å². The fourth-order valence-corrected chi connectivity index (χ4v) is 3.11. The van der Waals surface area contributed by atoms with E-state index in [1.54, 1.807) is 0 Å². The van der Waals surface area contributed by atoms with E-state index >= 15 is 0 Å². The van der Waals surface area contributed by atoms with Crippen LogP contribution in [0.15, 0.2) is 48.5 Å². The molecule has 0 saturated heterocycles. The Labute approximate surface area is 144 Å². The molecule has 0 amide bonds. The quantitative estimate of drug-likeness (QED) is 0.432. The van der Waals surface area contributed by atoms with Crippen molar-refractivity contribution in [2.75, 3.05) is 0 Å². The van der Waals surface area contributed by atoms with Crippen LogP contribution in [0.1, 0.15) is 53.9 Å². The number of halogens is 4. The van der Waals surface area contributed by atoms with Crippen molar-refractivity contribution in [2.45, 2.75) is 43.9 Å². The Balaban J connectivity index is 1.67. The van der Waals surface area contributed by atoms with Crippen LogP contribution in [0.3, 0.4) is 0 Å². The number of rotatable bonds is 1. The van der Waals surface area contributed by atoms with E-state index in [1.807, 2.05) is 24.3 Å². The van der Waals surface area contributed by atoms with Crippen molar-refractivity contribution in [1.29, 1.82) is 0 Å². The molecule has 0 aromatic heterocycles. The summed E-state index contributed by atoms with van der Waals surface area (Å²) in [5, 5.41) is 0. The number of benzene rings is 2. The molecule has 0 aliphatic heterocycles. The third kappa shape index (κ3) is 4.63. The van der Waals surface area contributed by atoms with E-state index < -0.39 is 17.9 Å². The van der Waals surface area contributed by atoms with E-state index in [-0.39, 0.29) is 0 Å². The molecule has 1 fully saturated rings. The summed E-state index contributed by atoms with van der Waals surface area (Å²) in [6.07, 6.45) is -2.00. The summed E-state index contributed by atoms with van der Waals surface area (Å²) >= 11 is 0. The zero-order chi connectivity index (χ0) is 17.9. The van der Waals surface area contributed by atoms with Crippen LogP contribution in [0.2, 0.25) is 0 Å². The molecule has 0 unspecified atom stereocenters. The minimum absolute atomic E-state index is 0.406. The van der Waals surface area contributed by atoms with E-state index in [0.717, 1.165) is 30.5 Å². The molecule has 0 radical (unpaired) electrons. The van der Waals surface area contributed by atoms with Crippen LogP contribution in [0.5, 0.6) is 0 Å². The van der Waals surface area contributed by atoms with Crippen molar-refractivity contribution >= 4 is 0 Å². The Morgan fingerprint density at radius 2 is 1.20 bits per heavy atom. The lowest BCUT2D eigenvalue weighted by atomic mass is 9.83. The molecule has 0 N–H and O–H groups in total. The third-order valence-corrected chi connectivity index (χ3v) is 4.60. The van der Waals surface area contributed by atoms with Crippen molar-refractivity contribution in [3.8, 4) is 11.8 Å². The Kier molecular flexibility index (Phi) is 5.13. The smallest absolute Gasteiger partial charge is 0.247 e. The van der Waals surface area contributed by atoms with Crippen LogP contribution in [0.4, 0.5) is 17.6 Å². The van der Waals surface area contributed by atoms with Crippen LogP contribution < -0.4 is 0 Å². The van der Waals surface area contributed by atoms with Gasteiger partial charge < -0.3 is 0 Å². The van der Waals surface area contributed by atoms with Crippen LogP contribution in [0.25, 0.3) is 0 Å². The van der Waals surface area contributed by atoms with Gasteiger partial charge in [0, 0.05) is 11.1 Å². The van der Waals surface area contributed by atoms with Gasteiger partial charge in [-0.3, -0.25) is 0 Å². The normalized spacial score (nSPS) is 20.6. The molecule has 4 heteroatoms. The molecule has 0 spiro atoms. The summed E-state index contributed by atoms with van der Waals surface area (Å²) in [4.78, 5) is 0. The highest BCUT2D eigenvalue weighted by Gasteiger charge is 2.29. The summed E-state index contributed by atoms with van der Waals surface area (Å²) in [6, 6.07) is 12.7. The van der Waals surface area contributed by atoms with Gasteiger partial charge in [-0.15, -0.1) is 0 Å². The molecule has 3 rings (SSSR count). The molecule has 130 valence electrons. The second-order valence-electron chi connectivity index (χ2n) is 6.40. The van der Waals surface area contributed by atoms with Gasteiger partial charge in [0.2, 0.25) is 0 Å². The minimum atomic E-state index is -4.33. The first-order chi connectivity index (χ1) is 11.9. The molecule has 0 bridgehead atoms. The average molecular weight is 346 g/mol. The van der Waals surface area contributed by atoms with E-state index in [0.29, 0.717) is 24.3 Å². The maximum atomic E-state index is 13.2. The molecule has 1 aliphatic carbocycles. The summed E-state index contributed by atoms with van der Waals surface area (Å²) < 4.78 is 50.8. The summed E-state index contributed by atoms with van der Waals surface area (Å²) in [5.41, 5.74) is 1.87. The molecule has 0 heterocycles. The lowest BCUT2D eigenvalue weighted by Crippen LogP contribution is -2.13. The molecular formula is C21H18F4. The van der Waals surface area contributed by atoms with E-state index in [1.165, 1.54) is 17.7 Å². The molecule has 1 aliphatic rings. The number of hydrogen-bond acceptors (Lipinski definition) is 0. The fraction of sp³-hybridized carbons (Fsp3) is 0.333. The largest absolute Gasteiger partial charge is 0.416 e. The van der Waals surface area contributed by atoms with Crippen LogP contribution in [-0.4, -0.2) is 6.17 Å². The second-order valence-corrected chi connectivity index (χ2v) is 6.40. The van der Waals surface area contributed by atoms with Crippen LogP contribution in [0, 0.1) is 11.8 Å². The SMILES string of the molecule is FC1CCC(c2ccc(C#Cc3ccc(C(F)(F)F)cc3)cc2)CC1. The van der Waals surface area contributed by atoms with E-state index in [9.17, 15) is 17.6 Å². The highest BCUT2D eigenvalue weighted by molar-refractivity contribution is 5.44. The van der Waals surface area contributed by atoms with Gasteiger partial charge in [-0.25, -0.2) is 4.39 Å². The Bertz CT molecular complexity index is 753. The molecule has 0 atom stereocenters. The Hall–Kier alpha value is -2.28.